The van der Waals surface area contributed by atoms with Crippen LogP contribution in [0.25, 0.3) is 11.4 Å². The van der Waals surface area contributed by atoms with E-state index >= 15 is 0 Å². The van der Waals surface area contributed by atoms with E-state index in [1.807, 2.05) is 31.2 Å². The van der Waals surface area contributed by atoms with Crippen LogP contribution in [0, 0.1) is 6.92 Å². The van der Waals surface area contributed by atoms with E-state index in [0.717, 1.165) is 11.1 Å². The summed E-state index contributed by atoms with van der Waals surface area (Å²) in [5.74, 6) is 0.803. The Kier molecular flexibility index (Phi) is 4.97. The normalized spacial score (nSPS) is 16.1. The smallest absolute Gasteiger partial charge is 0.318 e. The van der Waals surface area contributed by atoms with Crippen molar-refractivity contribution in [2.75, 3.05) is 19.6 Å². The van der Waals surface area contributed by atoms with Crippen molar-refractivity contribution in [1.29, 1.82) is 0 Å². The van der Waals surface area contributed by atoms with Gasteiger partial charge in [-0.1, -0.05) is 29.4 Å². The number of amides is 3. The number of carbonyl (C=O) groups excluding carboxylic acids is 2. The van der Waals surface area contributed by atoms with E-state index in [9.17, 15) is 9.59 Å². The lowest BCUT2D eigenvalue weighted by Crippen LogP contribution is -2.42. The highest BCUT2D eigenvalue weighted by atomic mass is 16.5. The summed E-state index contributed by atoms with van der Waals surface area (Å²) in [5, 5.41) is 9.59. The maximum atomic E-state index is 12.4. The number of carbonyl (C=O) groups is 2. The van der Waals surface area contributed by atoms with Crippen LogP contribution in [-0.2, 0) is 4.79 Å². The summed E-state index contributed by atoms with van der Waals surface area (Å²) < 4.78 is 5.31. The van der Waals surface area contributed by atoms with Gasteiger partial charge >= 0.3 is 6.03 Å². The minimum atomic E-state index is -0.426. The molecule has 0 saturated carbocycles. The number of aromatic nitrogens is 2. The molecule has 0 radical (unpaired) electrons. The van der Waals surface area contributed by atoms with Gasteiger partial charge in [-0.15, -0.1) is 0 Å². The average Bonchev–Trinajstić information content (AvgIpc) is 2.98. The fourth-order valence-electron chi connectivity index (χ4n) is 2.65. The second-order valence-corrected chi connectivity index (χ2v) is 6.03. The second-order valence-electron chi connectivity index (χ2n) is 6.03. The third-order valence-corrected chi connectivity index (χ3v) is 4.14. The first-order valence-electron chi connectivity index (χ1n) is 8.26. The second kappa shape index (κ2) is 7.33. The van der Waals surface area contributed by atoms with Crippen molar-refractivity contribution in [3.05, 3.63) is 35.7 Å². The lowest BCUT2D eigenvalue weighted by atomic mass is 10.1. The molecule has 0 unspecified atom stereocenters. The number of aryl methyl sites for hydroxylation is 1. The van der Waals surface area contributed by atoms with Crippen LogP contribution >= 0.6 is 0 Å². The maximum absolute atomic E-state index is 12.4. The minimum absolute atomic E-state index is 0.0388. The van der Waals surface area contributed by atoms with Crippen LogP contribution in [0.5, 0.6) is 0 Å². The van der Waals surface area contributed by atoms with Crippen molar-refractivity contribution >= 4 is 11.9 Å². The molecule has 0 aliphatic carbocycles. The molecule has 3 rings (SSSR count). The molecule has 25 heavy (non-hydrogen) atoms. The molecule has 8 nitrogen and oxygen atoms in total. The quantitative estimate of drug-likeness (QED) is 0.882. The first kappa shape index (κ1) is 16.9. The van der Waals surface area contributed by atoms with Gasteiger partial charge in [-0.3, -0.25) is 4.79 Å². The predicted octanol–water partition coefficient (Wildman–Crippen LogP) is 1.64. The lowest BCUT2D eigenvalue weighted by molar-refractivity contribution is -0.120. The Hall–Kier alpha value is -2.90. The summed E-state index contributed by atoms with van der Waals surface area (Å²) in [6, 6.07) is 7.09. The van der Waals surface area contributed by atoms with Crippen molar-refractivity contribution in [1.82, 2.24) is 25.7 Å². The lowest BCUT2D eigenvalue weighted by Gasteiger charge is -2.21. The molecule has 1 aliphatic rings. The summed E-state index contributed by atoms with van der Waals surface area (Å²) >= 11 is 0. The van der Waals surface area contributed by atoms with Gasteiger partial charge < -0.3 is 20.1 Å². The summed E-state index contributed by atoms with van der Waals surface area (Å²) in [7, 11) is 0. The van der Waals surface area contributed by atoms with Crippen molar-refractivity contribution in [3.63, 3.8) is 0 Å². The highest BCUT2D eigenvalue weighted by Crippen LogP contribution is 2.21. The maximum Gasteiger partial charge on any atom is 0.318 e. The van der Waals surface area contributed by atoms with Crippen LogP contribution in [0.2, 0.25) is 0 Å². The number of benzene rings is 1. The van der Waals surface area contributed by atoms with Crippen LogP contribution in [0.1, 0.15) is 30.8 Å². The van der Waals surface area contributed by atoms with E-state index in [0.29, 0.717) is 37.8 Å². The van der Waals surface area contributed by atoms with Gasteiger partial charge in [-0.05, 0) is 19.4 Å². The van der Waals surface area contributed by atoms with Gasteiger partial charge in [-0.25, -0.2) is 4.79 Å². The number of hydrogen-bond acceptors (Lipinski definition) is 5. The number of rotatable bonds is 3. The van der Waals surface area contributed by atoms with Crippen LogP contribution in [0.3, 0.4) is 0 Å². The molecule has 2 heterocycles. The monoisotopic (exact) mass is 343 g/mol. The molecule has 1 fully saturated rings. The van der Waals surface area contributed by atoms with Gasteiger partial charge in [0.05, 0.1) is 0 Å². The third-order valence-electron chi connectivity index (χ3n) is 4.14. The molecule has 2 N–H and O–H groups in total. The molecular formula is C17H21N5O3. The van der Waals surface area contributed by atoms with Gasteiger partial charge in [-0.2, -0.15) is 4.98 Å². The van der Waals surface area contributed by atoms with E-state index < -0.39 is 6.04 Å². The molecule has 1 saturated heterocycles. The zero-order valence-corrected chi connectivity index (χ0v) is 14.3. The Morgan fingerprint density at radius 1 is 1.36 bits per heavy atom. The van der Waals surface area contributed by atoms with Gasteiger partial charge in [0.1, 0.15) is 6.04 Å². The number of hydrogen-bond donors (Lipinski definition) is 2. The first-order valence-corrected chi connectivity index (χ1v) is 8.26. The van der Waals surface area contributed by atoms with E-state index in [-0.39, 0.29) is 11.9 Å². The molecule has 0 bridgehead atoms. The first-order chi connectivity index (χ1) is 12.0. The predicted molar refractivity (Wildman–Crippen MR) is 90.6 cm³/mol. The Balaban J connectivity index is 1.65. The average molecular weight is 343 g/mol. The standard InChI is InChI=1S/C17H21N5O3/c1-11-5-3-4-6-13(11)15-20-16(25-21-15)12(2)19-17(24)22-9-7-14(23)18-8-10-22/h3-6,12H,7-10H2,1-2H3,(H,18,23)(H,19,24)/t12-/m1/s1. The fraction of sp³-hybridized carbons (Fsp3) is 0.412. The largest absolute Gasteiger partial charge is 0.354 e. The summed E-state index contributed by atoms with van der Waals surface area (Å²) in [5.41, 5.74) is 1.95. The number of urea groups is 1. The third kappa shape index (κ3) is 3.96. The zero-order chi connectivity index (χ0) is 17.8. The molecule has 1 atom stereocenters. The Labute approximate surface area is 145 Å². The van der Waals surface area contributed by atoms with Gasteiger partial charge in [0.2, 0.25) is 17.6 Å². The molecule has 8 heteroatoms. The summed E-state index contributed by atoms with van der Waals surface area (Å²) in [4.78, 5) is 29.7. The molecule has 1 aromatic heterocycles. The number of nitrogens with one attached hydrogen (secondary N) is 2. The van der Waals surface area contributed by atoms with Crippen LogP contribution in [0.15, 0.2) is 28.8 Å². The Morgan fingerprint density at radius 3 is 2.96 bits per heavy atom. The van der Waals surface area contributed by atoms with E-state index in [1.54, 1.807) is 11.8 Å². The Bertz CT molecular complexity index is 773. The van der Waals surface area contributed by atoms with E-state index in [2.05, 4.69) is 20.8 Å². The van der Waals surface area contributed by atoms with Gasteiger partial charge in [0.15, 0.2) is 0 Å². The summed E-state index contributed by atoms with van der Waals surface area (Å²) in [6.45, 7) is 5.09. The molecule has 3 amide bonds. The molecule has 1 aromatic carbocycles. The number of nitrogens with zero attached hydrogens (tertiary/aromatic N) is 3. The zero-order valence-electron chi connectivity index (χ0n) is 14.3. The molecule has 0 spiro atoms. The SMILES string of the molecule is Cc1ccccc1-c1noc([C@@H](C)NC(=O)N2CCNC(=O)CC2)n1. The summed E-state index contributed by atoms with van der Waals surface area (Å²) in [6.07, 6.45) is 0.305. The molecule has 1 aliphatic heterocycles. The minimum Gasteiger partial charge on any atom is -0.354 e. The molecule has 132 valence electrons. The van der Waals surface area contributed by atoms with Crippen molar-refractivity contribution < 1.29 is 14.1 Å². The van der Waals surface area contributed by atoms with E-state index in [4.69, 9.17) is 4.52 Å². The highest BCUT2D eigenvalue weighted by molar-refractivity contribution is 5.79. The molecular weight excluding hydrogens is 322 g/mol. The molecule has 2 aromatic rings. The van der Waals surface area contributed by atoms with Gasteiger partial charge in [0.25, 0.3) is 0 Å². The van der Waals surface area contributed by atoms with Crippen molar-refractivity contribution in [3.8, 4) is 11.4 Å². The van der Waals surface area contributed by atoms with Crippen LogP contribution in [-0.4, -0.2) is 46.6 Å². The van der Waals surface area contributed by atoms with Gasteiger partial charge in [0, 0.05) is 31.6 Å². The van der Waals surface area contributed by atoms with Crippen molar-refractivity contribution in [2.45, 2.75) is 26.3 Å². The topological polar surface area (TPSA) is 100 Å². The van der Waals surface area contributed by atoms with Crippen LogP contribution in [0.4, 0.5) is 4.79 Å². The van der Waals surface area contributed by atoms with Crippen molar-refractivity contribution in [2.24, 2.45) is 0 Å². The highest BCUT2D eigenvalue weighted by Gasteiger charge is 2.23. The van der Waals surface area contributed by atoms with Crippen LogP contribution < -0.4 is 10.6 Å². The van der Waals surface area contributed by atoms with E-state index in [1.165, 1.54) is 0 Å². The Morgan fingerprint density at radius 2 is 2.16 bits per heavy atom. The fourth-order valence-corrected chi connectivity index (χ4v) is 2.65.